The summed E-state index contributed by atoms with van der Waals surface area (Å²) in [6.07, 6.45) is 4.91. The highest BCUT2D eigenvalue weighted by atomic mass is 32.2. The molecule has 1 aliphatic rings. The molecule has 0 spiro atoms. The number of carbonyl (C=O) groups excluding carboxylic acids is 2. The van der Waals surface area contributed by atoms with Crippen LogP contribution >= 0.6 is 23.1 Å². The first-order chi connectivity index (χ1) is 18.4. The van der Waals surface area contributed by atoms with Crippen molar-refractivity contribution in [1.29, 1.82) is 0 Å². The van der Waals surface area contributed by atoms with Gasteiger partial charge in [-0.2, -0.15) is 0 Å². The summed E-state index contributed by atoms with van der Waals surface area (Å²) in [5, 5.41) is 13.0. The predicted molar refractivity (Wildman–Crippen MR) is 152 cm³/mol. The van der Waals surface area contributed by atoms with Gasteiger partial charge in [-0.25, -0.2) is 4.79 Å². The highest BCUT2D eigenvalue weighted by molar-refractivity contribution is 7.99. The maximum absolute atomic E-state index is 13.0. The lowest BCUT2D eigenvalue weighted by Gasteiger charge is -2.18. The first-order valence-electron chi connectivity index (χ1n) is 13.4. The van der Waals surface area contributed by atoms with Crippen molar-refractivity contribution >= 4 is 40.0 Å². The molecular weight excluding hydrogens is 520 g/mol. The van der Waals surface area contributed by atoms with Gasteiger partial charge < -0.3 is 19.4 Å². The van der Waals surface area contributed by atoms with Crippen LogP contribution in [-0.4, -0.2) is 45.6 Å². The number of esters is 1. The average molecular weight is 557 g/mol. The molecular formula is C28H36N4O4S2. The number of thioether (sulfide) groups is 1. The van der Waals surface area contributed by atoms with Crippen molar-refractivity contribution in [3.63, 3.8) is 0 Å². The molecule has 0 fully saturated rings. The second-order valence-corrected chi connectivity index (χ2v) is 11.4. The summed E-state index contributed by atoms with van der Waals surface area (Å²) in [6.45, 7) is 9.85. The number of fused-ring (bicyclic) bond motifs is 1. The van der Waals surface area contributed by atoms with Crippen LogP contribution in [0.25, 0.3) is 11.4 Å². The van der Waals surface area contributed by atoms with E-state index in [1.54, 1.807) is 6.92 Å². The lowest BCUT2D eigenvalue weighted by molar-refractivity contribution is -0.113. The van der Waals surface area contributed by atoms with Gasteiger partial charge in [-0.15, -0.1) is 21.5 Å². The zero-order valence-corrected chi connectivity index (χ0v) is 24.2. The van der Waals surface area contributed by atoms with Crippen molar-refractivity contribution in [2.24, 2.45) is 5.92 Å². The Morgan fingerprint density at radius 3 is 2.68 bits per heavy atom. The molecule has 0 radical (unpaired) electrons. The minimum Gasteiger partial charge on any atom is -0.494 e. The third-order valence-corrected chi connectivity index (χ3v) is 8.63. The van der Waals surface area contributed by atoms with E-state index in [-0.39, 0.29) is 17.6 Å². The largest absolute Gasteiger partial charge is 0.494 e. The number of nitrogens with zero attached hydrogens (tertiary/aromatic N) is 3. The quantitative estimate of drug-likeness (QED) is 0.160. The molecule has 38 heavy (non-hydrogen) atoms. The van der Waals surface area contributed by atoms with Gasteiger partial charge in [-0.1, -0.05) is 32.0 Å². The van der Waals surface area contributed by atoms with E-state index in [2.05, 4.69) is 29.4 Å². The predicted octanol–water partition coefficient (Wildman–Crippen LogP) is 6.24. The van der Waals surface area contributed by atoms with Gasteiger partial charge >= 0.3 is 5.97 Å². The molecule has 0 saturated heterocycles. The van der Waals surface area contributed by atoms with E-state index in [1.165, 1.54) is 28.0 Å². The van der Waals surface area contributed by atoms with Crippen molar-refractivity contribution in [2.45, 2.75) is 71.5 Å². The first-order valence-corrected chi connectivity index (χ1v) is 15.2. The van der Waals surface area contributed by atoms with Crippen LogP contribution in [0.3, 0.4) is 0 Å². The fourth-order valence-corrected chi connectivity index (χ4v) is 6.70. The average Bonchev–Trinajstić information content (AvgIpc) is 3.48. The molecule has 2 heterocycles. The minimum atomic E-state index is -0.361. The number of hydrogen-bond donors (Lipinski definition) is 1. The smallest absolute Gasteiger partial charge is 0.341 e. The van der Waals surface area contributed by atoms with Crippen LogP contribution < -0.4 is 10.1 Å². The molecule has 0 saturated carbocycles. The molecule has 4 rings (SSSR count). The SMILES string of the molecule is CCCCOc1ccc(-c2nnc(SCC(=O)Nc3sc4c(c3C(=O)OCC)CCC(C)C4)n2CC)cc1. The second-order valence-electron chi connectivity index (χ2n) is 9.39. The van der Waals surface area contributed by atoms with E-state index in [4.69, 9.17) is 9.47 Å². The first kappa shape index (κ1) is 28.2. The number of ether oxygens (including phenoxy) is 2. The third-order valence-electron chi connectivity index (χ3n) is 6.49. The Labute approximate surface area is 232 Å². The number of thiophene rings is 1. The van der Waals surface area contributed by atoms with Crippen LogP contribution in [-0.2, 0) is 28.9 Å². The maximum atomic E-state index is 13.0. The van der Waals surface area contributed by atoms with Crippen LogP contribution in [0.1, 0.15) is 67.8 Å². The van der Waals surface area contributed by atoms with E-state index >= 15 is 0 Å². The summed E-state index contributed by atoms with van der Waals surface area (Å²) in [6, 6.07) is 7.86. The summed E-state index contributed by atoms with van der Waals surface area (Å²) in [5.74, 6) is 1.76. The molecule has 1 atom stereocenters. The zero-order chi connectivity index (χ0) is 27.1. The fourth-order valence-electron chi connectivity index (χ4n) is 4.48. The van der Waals surface area contributed by atoms with Gasteiger partial charge in [0.1, 0.15) is 10.8 Å². The molecule has 1 aromatic carbocycles. The van der Waals surface area contributed by atoms with Crippen molar-refractivity contribution in [3.05, 3.63) is 40.3 Å². The van der Waals surface area contributed by atoms with E-state index in [0.29, 0.717) is 41.4 Å². The summed E-state index contributed by atoms with van der Waals surface area (Å²) in [5.41, 5.74) is 2.50. The normalized spacial score (nSPS) is 14.7. The van der Waals surface area contributed by atoms with Crippen molar-refractivity contribution in [3.8, 4) is 17.1 Å². The Morgan fingerprint density at radius 2 is 1.97 bits per heavy atom. The van der Waals surface area contributed by atoms with Gasteiger partial charge in [0.15, 0.2) is 11.0 Å². The Bertz CT molecular complexity index is 1250. The number of hydrogen-bond acceptors (Lipinski definition) is 8. The Balaban J connectivity index is 1.43. The Morgan fingerprint density at radius 1 is 1.18 bits per heavy atom. The lowest BCUT2D eigenvalue weighted by atomic mass is 9.88. The van der Waals surface area contributed by atoms with E-state index < -0.39 is 0 Å². The topological polar surface area (TPSA) is 95.3 Å². The molecule has 0 aliphatic heterocycles. The molecule has 2 aromatic heterocycles. The summed E-state index contributed by atoms with van der Waals surface area (Å²) < 4.78 is 13.1. The zero-order valence-electron chi connectivity index (χ0n) is 22.5. The number of anilines is 1. The summed E-state index contributed by atoms with van der Waals surface area (Å²) in [4.78, 5) is 26.9. The van der Waals surface area contributed by atoms with Crippen LogP contribution in [0.5, 0.6) is 5.75 Å². The van der Waals surface area contributed by atoms with Gasteiger partial charge in [-0.3, -0.25) is 4.79 Å². The molecule has 10 heteroatoms. The van der Waals surface area contributed by atoms with Crippen LogP contribution in [0.4, 0.5) is 5.00 Å². The van der Waals surface area contributed by atoms with Crippen LogP contribution in [0, 0.1) is 5.92 Å². The number of aromatic nitrogens is 3. The highest BCUT2D eigenvalue weighted by Crippen LogP contribution is 2.40. The number of benzene rings is 1. The minimum absolute atomic E-state index is 0.156. The number of rotatable bonds is 12. The molecule has 0 bridgehead atoms. The fraction of sp³-hybridized carbons (Fsp3) is 0.500. The van der Waals surface area contributed by atoms with Gasteiger partial charge in [0, 0.05) is 17.0 Å². The summed E-state index contributed by atoms with van der Waals surface area (Å²) >= 11 is 2.83. The van der Waals surface area contributed by atoms with Crippen molar-refractivity contribution in [1.82, 2.24) is 14.8 Å². The molecule has 3 aromatic rings. The van der Waals surface area contributed by atoms with Gasteiger partial charge in [-0.05, 0) is 75.3 Å². The maximum Gasteiger partial charge on any atom is 0.341 e. The second kappa shape index (κ2) is 13.3. The van der Waals surface area contributed by atoms with Crippen LogP contribution in [0.15, 0.2) is 29.4 Å². The molecule has 1 unspecified atom stereocenters. The standard InChI is InChI=1S/C28H36N4O4S2/c1-5-8-15-36-20-12-10-19(11-13-20)25-30-31-28(32(25)6-2)37-17-23(33)29-26-24(27(34)35-7-3)21-14-9-18(4)16-22(21)38-26/h10-13,18H,5-9,14-17H2,1-4H3,(H,29,33). The van der Waals surface area contributed by atoms with Gasteiger partial charge in [0.25, 0.3) is 0 Å². The number of amides is 1. The number of unbranched alkanes of at least 4 members (excludes halogenated alkanes) is 1. The molecule has 8 nitrogen and oxygen atoms in total. The lowest BCUT2D eigenvalue weighted by Crippen LogP contribution is -2.18. The van der Waals surface area contributed by atoms with E-state index in [1.807, 2.05) is 35.8 Å². The molecule has 204 valence electrons. The Hall–Kier alpha value is -2.85. The van der Waals surface area contributed by atoms with Gasteiger partial charge in [0.2, 0.25) is 5.91 Å². The monoisotopic (exact) mass is 556 g/mol. The van der Waals surface area contributed by atoms with Crippen molar-refractivity contribution in [2.75, 3.05) is 24.3 Å². The Kier molecular flexibility index (Phi) is 9.85. The third kappa shape index (κ3) is 6.58. The molecule has 1 aliphatic carbocycles. The summed E-state index contributed by atoms with van der Waals surface area (Å²) in [7, 11) is 0. The van der Waals surface area contributed by atoms with E-state index in [9.17, 15) is 9.59 Å². The van der Waals surface area contributed by atoms with E-state index in [0.717, 1.165) is 54.8 Å². The number of nitrogens with one attached hydrogen (secondary N) is 1. The van der Waals surface area contributed by atoms with Crippen molar-refractivity contribution < 1.29 is 19.1 Å². The molecule has 1 N–H and O–H groups in total. The molecule has 1 amide bonds. The van der Waals surface area contributed by atoms with Crippen LogP contribution in [0.2, 0.25) is 0 Å². The number of carbonyl (C=O) groups is 2. The highest BCUT2D eigenvalue weighted by Gasteiger charge is 2.29. The van der Waals surface area contributed by atoms with Gasteiger partial charge in [0.05, 0.1) is 24.5 Å².